The van der Waals surface area contributed by atoms with Gasteiger partial charge in [0.05, 0.1) is 24.8 Å². The van der Waals surface area contributed by atoms with E-state index >= 15 is 0 Å². The topological polar surface area (TPSA) is 77.2 Å². The van der Waals surface area contributed by atoms with Crippen LogP contribution < -0.4 is 10.1 Å². The molecule has 0 aliphatic heterocycles. The Hall–Kier alpha value is -3.15. The molecule has 0 atom stereocenters. The summed E-state index contributed by atoms with van der Waals surface area (Å²) in [6.45, 7) is 3.67. The standard InChI is InChI=1S/C19H19N3O3/c1-12-10-14(8-9-20-12)21-18(23)11-16-13(2)25-19(22-16)15-6-4-5-7-17(15)24-3/h4-10H,11H2,1-3H3,(H,20,21,23). The number of anilines is 1. The molecule has 128 valence electrons. The van der Waals surface area contributed by atoms with E-state index in [-0.39, 0.29) is 12.3 Å². The predicted octanol–water partition coefficient (Wildman–Crippen LogP) is 3.54. The van der Waals surface area contributed by atoms with Crippen LogP contribution in [0.5, 0.6) is 5.75 Å². The van der Waals surface area contributed by atoms with Crippen LogP contribution in [0.25, 0.3) is 11.5 Å². The van der Waals surface area contributed by atoms with Crippen molar-refractivity contribution < 1.29 is 13.9 Å². The first-order valence-electron chi connectivity index (χ1n) is 7.89. The van der Waals surface area contributed by atoms with Crippen LogP contribution in [0.15, 0.2) is 47.0 Å². The minimum Gasteiger partial charge on any atom is -0.496 e. The van der Waals surface area contributed by atoms with Crippen molar-refractivity contribution in [1.82, 2.24) is 9.97 Å². The van der Waals surface area contributed by atoms with Gasteiger partial charge < -0.3 is 14.5 Å². The Morgan fingerprint density at radius 2 is 2.04 bits per heavy atom. The summed E-state index contributed by atoms with van der Waals surface area (Å²) in [5, 5.41) is 2.84. The van der Waals surface area contributed by atoms with Crippen LogP contribution in [0.3, 0.4) is 0 Å². The molecule has 1 aromatic carbocycles. The quantitative estimate of drug-likeness (QED) is 0.770. The monoisotopic (exact) mass is 337 g/mol. The number of hydrogen-bond acceptors (Lipinski definition) is 5. The molecule has 0 saturated heterocycles. The highest BCUT2D eigenvalue weighted by Gasteiger charge is 2.17. The molecule has 25 heavy (non-hydrogen) atoms. The lowest BCUT2D eigenvalue weighted by atomic mass is 10.2. The minimum atomic E-state index is -0.159. The summed E-state index contributed by atoms with van der Waals surface area (Å²) in [6, 6.07) is 11.0. The predicted molar refractivity (Wildman–Crippen MR) is 94.5 cm³/mol. The fourth-order valence-electron chi connectivity index (χ4n) is 2.51. The number of pyridine rings is 1. The zero-order chi connectivity index (χ0) is 17.8. The van der Waals surface area contributed by atoms with Crippen LogP contribution in [0.1, 0.15) is 17.1 Å². The third-order valence-electron chi connectivity index (χ3n) is 3.74. The Balaban J connectivity index is 1.77. The molecule has 0 fully saturated rings. The Labute approximate surface area is 145 Å². The minimum absolute atomic E-state index is 0.131. The van der Waals surface area contributed by atoms with E-state index in [0.717, 1.165) is 11.3 Å². The van der Waals surface area contributed by atoms with E-state index < -0.39 is 0 Å². The van der Waals surface area contributed by atoms with Gasteiger partial charge in [-0.2, -0.15) is 0 Å². The Morgan fingerprint density at radius 1 is 1.24 bits per heavy atom. The number of amides is 1. The molecule has 0 radical (unpaired) electrons. The van der Waals surface area contributed by atoms with Gasteiger partial charge in [0.1, 0.15) is 11.5 Å². The number of aryl methyl sites for hydroxylation is 2. The van der Waals surface area contributed by atoms with Crippen LogP contribution >= 0.6 is 0 Å². The van der Waals surface area contributed by atoms with E-state index in [0.29, 0.717) is 28.8 Å². The number of oxazole rings is 1. The maximum absolute atomic E-state index is 12.3. The van der Waals surface area contributed by atoms with E-state index in [4.69, 9.17) is 9.15 Å². The lowest BCUT2D eigenvalue weighted by Gasteiger charge is -2.04. The molecule has 6 heteroatoms. The summed E-state index contributed by atoms with van der Waals surface area (Å²) in [5.41, 5.74) is 2.91. The lowest BCUT2D eigenvalue weighted by Crippen LogP contribution is -2.15. The number of benzene rings is 1. The molecule has 0 unspecified atom stereocenters. The molecule has 0 spiro atoms. The van der Waals surface area contributed by atoms with Gasteiger partial charge in [0.15, 0.2) is 0 Å². The zero-order valence-corrected chi connectivity index (χ0v) is 14.4. The first-order valence-corrected chi connectivity index (χ1v) is 7.89. The molecule has 6 nitrogen and oxygen atoms in total. The molecule has 1 N–H and O–H groups in total. The van der Waals surface area contributed by atoms with Crippen molar-refractivity contribution in [3.63, 3.8) is 0 Å². The number of nitrogens with one attached hydrogen (secondary N) is 1. The zero-order valence-electron chi connectivity index (χ0n) is 14.4. The summed E-state index contributed by atoms with van der Waals surface area (Å²) >= 11 is 0. The van der Waals surface area contributed by atoms with E-state index in [1.807, 2.05) is 37.3 Å². The number of methoxy groups -OCH3 is 1. The summed E-state index contributed by atoms with van der Waals surface area (Å²) < 4.78 is 11.1. The molecule has 0 aliphatic carbocycles. The van der Waals surface area contributed by atoms with Crippen LogP contribution in [0.4, 0.5) is 5.69 Å². The Bertz CT molecular complexity index is 902. The number of aromatic nitrogens is 2. The summed E-state index contributed by atoms with van der Waals surface area (Å²) in [5.74, 6) is 1.57. The van der Waals surface area contributed by atoms with Crippen molar-refractivity contribution in [1.29, 1.82) is 0 Å². The third-order valence-corrected chi connectivity index (χ3v) is 3.74. The van der Waals surface area contributed by atoms with E-state index in [2.05, 4.69) is 15.3 Å². The summed E-state index contributed by atoms with van der Waals surface area (Å²) in [6.07, 6.45) is 1.79. The van der Waals surface area contributed by atoms with Crippen LogP contribution in [0, 0.1) is 13.8 Å². The summed E-state index contributed by atoms with van der Waals surface area (Å²) in [4.78, 5) is 20.9. The van der Waals surface area contributed by atoms with Gasteiger partial charge in [-0.3, -0.25) is 9.78 Å². The highest BCUT2D eigenvalue weighted by molar-refractivity contribution is 5.92. The van der Waals surface area contributed by atoms with E-state index in [1.54, 1.807) is 26.3 Å². The van der Waals surface area contributed by atoms with Crippen LogP contribution in [-0.2, 0) is 11.2 Å². The summed E-state index contributed by atoms with van der Waals surface area (Å²) in [7, 11) is 1.60. The van der Waals surface area contributed by atoms with Crippen molar-refractivity contribution in [2.45, 2.75) is 20.3 Å². The van der Waals surface area contributed by atoms with Crippen molar-refractivity contribution in [2.24, 2.45) is 0 Å². The van der Waals surface area contributed by atoms with E-state index in [9.17, 15) is 4.79 Å². The molecule has 1 amide bonds. The Kier molecular flexibility index (Phi) is 4.79. The van der Waals surface area contributed by atoms with E-state index in [1.165, 1.54) is 0 Å². The van der Waals surface area contributed by atoms with Crippen molar-refractivity contribution >= 4 is 11.6 Å². The number of nitrogens with zero attached hydrogens (tertiary/aromatic N) is 2. The van der Waals surface area contributed by atoms with Crippen molar-refractivity contribution in [3.8, 4) is 17.2 Å². The maximum atomic E-state index is 12.3. The molecule has 3 aromatic rings. The number of ether oxygens (including phenoxy) is 1. The van der Waals surface area contributed by atoms with Gasteiger partial charge in [-0.05, 0) is 38.1 Å². The van der Waals surface area contributed by atoms with Gasteiger partial charge in [-0.1, -0.05) is 12.1 Å². The lowest BCUT2D eigenvalue weighted by molar-refractivity contribution is -0.115. The highest BCUT2D eigenvalue weighted by atomic mass is 16.5. The average Bonchev–Trinajstić information content (AvgIpc) is 2.95. The smallest absolute Gasteiger partial charge is 0.230 e. The SMILES string of the molecule is COc1ccccc1-c1nc(CC(=O)Nc2ccnc(C)c2)c(C)o1. The number of hydrogen-bond donors (Lipinski definition) is 1. The maximum Gasteiger partial charge on any atom is 0.230 e. The molecule has 0 saturated carbocycles. The van der Waals surface area contributed by atoms with Gasteiger partial charge in [0, 0.05) is 17.6 Å². The average molecular weight is 337 g/mol. The molecule has 0 bridgehead atoms. The fourth-order valence-corrected chi connectivity index (χ4v) is 2.51. The van der Waals surface area contributed by atoms with Gasteiger partial charge >= 0.3 is 0 Å². The second kappa shape index (κ2) is 7.17. The molecule has 2 heterocycles. The number of carbonyl (C=O) groups is 1. The third kappa shape index (κ3) is 3.85. The molecular formula is C19H19N3O3. The van der Waals surface area contributed by atoms with Gasteiger partial charge in [-0.25, -0.2) is 4.98 Å². The second-order valence-electron chi connectivity index (χ2n) is 5.63. The van der Waals surface area contributed by atoms with Gasteiger partial charge in [0.2, 0.25) is 11.8 Å². The first kappa shape index (κ1) is 16.7. The molecule has 3 rings (SSSR count). The largest absolute Gasteiger partial charge is 0.496 e. The van der Waals surface area contributed by atoms with Crippen LogP contribution in [0.2, 0.25) is 0 Å². The first-order chi connectivity index (χ1) is 12.1. The van der Waals surface area contributed by atoms with Crippen molar-refractivity contribution in [2.75, 3.05) is 12.4 Å². The normalized spacial score (nSPS) is 10.5. The highest BCUT2D eigenvalue weighted by Crippen LogP contribution is 2.30. The fraction of sp³-hybridized carbons (Fsp3) is 0.211. The van der Waals surface area contributed by atoms with Crippen LogP contribution in [-0.4, -0.2) is 23.0 Å². The van der Waals surface area contributed by atoms with Gasteiger partial charge in [-0.15, -0.1) is 0 Å². The molecular weight excluding hydrogens is 318 g/mol. The number of rotatable bonds is 5. The van der Waals surface area contributed by atoms with Gasteiger partial charge in [0.25, 0.3) is 0 Å². The molecule has 2 aromatic heterocycles. The number of carbonyl (C=O) groups excluding carboxylic acids is 1. The molecule has 0 aliphatic rings. The Morgan fingerprint density at radius 3 is 2.80 bits per heavy atom. The number of para-hydroxylation sites is 1. The van der Waals surface area contributed by atoms with Crippen molar-refractivity contribution in [3.05, 3.63) is 59.7 Å². The second-order valence-corrected chi connectivity index (χ2v) is 5.63.